The Balaban J connectivity index is 1.58. The number of carbonyl (C=O) groups is 1. The first kappa shape index (κ1) is 20.1. The summed E-state index contributed by atoms with van der Waals surface area (Å²) in [4.78, 5) is 23.2. The third kappa shape index (κ3) is 5.44. The van der Waals surface area contributed by atoms with Crippen molar-refractivity contribution in [2.75, 3.05) is 32.2 Å². The van der Waals surface area contributed by atoms with Crippen LogP contribution < -0.4 is 19.7 Å². The highest BCUT2D eigenvalue weighted by Gasteiger charge is 2.13. The van der Waals surface area contributed by atoms with E-state index < -0.39 is 0 Å². The van der Waals surface area contributed by atoms with Crippen LogP contribution in [0.2, 0.25) is 0 Å². The normalized spacial score (nSPS) is 10.3. The van der Waals surface area contributed by atoms with Gasteiger partial charge in [-0.1, -0.05) is 18.2 Å². The van der Waals surface area contributed by atoms with Crippen molar-refractivity contribution < 1.29 is 14.3 Å². The van der Waals surface area contributed by atoms with Gasteiger partial charge in [0.1, 0.15) is 23.8 Å². The number of carbonyl (C=O) groups excluding carboxylic acids is 1. The van der Waals surface area contributed by atoms with Crippen LogP contribution in [0, 0.1) is 6.92 Å². The lowest BCUT2D eigenvalue weighted by molar-refractivity contribution is 0.0942. The van der Waals surface area contributed by atoms with Crippen LogP contribution in [-0.2, 0) is 0 Å². The molecule has 0 radical (unpaired) electrons. The Bertz CT molecular complexity index is 946. The minimum absolute atomic E-state index is 0.267. The number of para-hydroxylation sites is 1. The summed E-state index contributed by atoms with van der Waals surface area (Å²) in [5.41, 5.74) is 1.98. The van der Waals surface area contributed by atoms with E-state index in [2.05, 4.69) is 15.3 Å². The maximum atomic E-state index is 12.5. The van der Waals surface area contributed by atoms with Crippen LogP contribution in [-0.4, -0.2) is 43.2 Å². The third-order valence-electron chi connectivity index (χ3n) is 4.23. The molecule has 0 spiro atoms. The van der Waals surface area contributed by atoms with Crippen molar-refractivity contribution in [1.82, 2.24) is 15.3 Å². The number of amides is 1. The minimum atomic E-state index is -0.267. The molecule has 0 bridgehead atoms. The molecule has 2 aromatic carbocycles. The summed E-state index contributed by atoms with van der Waals surface area (Å²) < 4.78 is 10.7. The minimum Gasteiger partial charge on any atom is -0.497 e. The number of hydrogen-bond donors (Lipinski definition) is 1. The molecule has 0 saturated heterocycles. The summed E-state index contributed by atoms with van der Waals surface area (Å²) in [5.74, 6) is 1.68. The van der Waals surface area contributed by atoms with E-state index in [1.54, 1.807) is 13.2 Å². The highest BCUT2D eigenvalue weighted by Crippen LogP contribution is 2.20. The van der Waals surface area contributed by atoms with Gasteiger partial charge < -0.3 is 19.7 Å². The van der Waals surface area contributed by atoms with Gasteiger partial charge in [0.05, 0.1) is 13.7 Å². The van der Waals surface area contributed by atoms with E-state index in [1.807, 2.05) is 73.5 Å². The van der Waals surface area contributed by atoms with Crippen molar-refractivity contribution in [3.63, 3.8) is 0 Å². The Labute approximate surface area is 170 Å². The van der Waals surface area contributed by atoms with Crippen molar-refractivity contribution in [2.45, 2.75) is 6.92 Å². The molecular weight excluding hydrogens is 368 g/mol. The zero-order valence-corrected chi connectivity index (χ0v) is 16.8. The first-order valence-corrected chi connectivity index (χ1v) is 9.26. The second kappa shape index (κ2) is 9.54. The Hall–Kier alpha value is -3.61. The van der Waals surface area contributed by atoms with Crippen molar-refractivity contribution in [3.8, 4) is 11.5 Å². The first-order chi connectivity index (χ1) is 14.1. The van der Waals surface area contributed by atoms with Gasteiger partial charge in [0.25, 0.3) is 5.91 Å². The monoisotopic (exact) mass is 392 g/mol. The van der Waals surface area contributed by atoms with E-state index in [1.165, 1.54) is 0 Å². The zero-order chi connectivity index (χ0) is 20.6. The van der Waals surface area contributed by atoms with Crippen LogP contribution in [0.25, 0.3) is 0 Å². The van der Waals surface area contributed by atoms with Gasteiger partial charge in [-0.15, -0.1) is 0 Å². The number of benzene rings is 2. The lowest BCUT2D eigenvalue weighted by atomic mass is 10.3. The molecule has 7 nitrogen and oxygen atoms in total. The fraction of sp³-hybridized carbons (Fsp3) is 0.227. The average Bonchev–Trinajstić information content (AvgIpc) is 2.76. The number of nitrogens with one attached hydrogen (secondary N) is 1. The van der Waals surface area contributed by atoms with E-state index in [0.29, 0.717) is 30.5 Å². The Morgan fingerprint density at radius 3 is 2.41 bits per heavy atom. The summed E-state index contributed by atoms with van der Waals surface area (Å²) in [6, 6.07) is 18.7. The smallest absolute Gasteiger partial charge is 0.270 e. The third-order valence-corrected chi connectivity index (χ3v) is 4.23. The molecule has 0 aliphatic rings. The lowest BCUT2D eigenvalue weighted by Crippen LogP contribution is -2.29. The van der Waals surface area contributed by atoms with E-state index >= 15 is 0 Å². The molecular formula is C22H24N4O3. The van der Waals surface area contributed by atoms with Gasteiger partial charge >= 0.3 is 0 Å². The SMILES string of the molecule is COc1ccc(OCCNC(=O)c2cc(C)nc(N(C)c3ccccc3)n2)cc1. The molecule has 0 unspecified atom stereocenters. The van der Waals surface area contributed by atoms with E-state index in [4.69, 9.17) is 9.47 Å². The van der Waals surface area contributed by atoms with Crippen molar-refractivity contribution in [1.29, 1.82) is 0 Å². The molecule has 0 saturated carbocycles. The number of rotatable bonds is 8. The Morgan fingerprint density at radius 2 is 1.72 bits per heavy atom. The number of ether oxygens (including phenoxy) is 2. The van der Waals surface area contributed by atoms with Crippen LogP contribution in [0.3, 0.4) is 0 Å². The predicted octanol–water partition coefficient (Wildman–Crippen LogP) is 3.37. The molecule has 7 heteroatoms. The van der Waals surface area contributed by atoms with Gasteiger partial charge in [-0.25, -0.2) is 9.97 Å². The fourth-order valence-electron chi connectivity index (χ4n) is 2.68. The number of hydrogen-bond acceptors (Lipinski definition) is 6. The maximum absolute atomic E-state index is 12.5. The standard InChI is InChI=1S/C22H24N4O3/c1-16-15-20(25-22(24-16)26(2)17-7-5-4-6-8-17)21(27)23-13-14-29-19-11-9-18(28-3)10-12-19/h4-12,15H,13-14H2,1-3H3,(H,23,27). The van der Waals surface area contributed by atoms with Gasteiger partial charge in [-0.3, -0.25) is 4.79 Å². The number of methoxy groups -OCH3 is 1. The van der Waals surface area contributed by atoms with Crippen LogP contribution in [0.1, 0.15) is 16.2 Å². The molecule has 29 heavy (non-hydrogen) atoms. The molecule has 1 amide bonds. The molecule has 3 rings (SSSR count). The summed E-state index contributed by atoms with van der Waals surface area (Å²) in [5, 5.41) is 2.83. The Kier molecular flexibility index (Phi) is 6.63. The molecule has 1 N–H and O–H groups in total. The number of anilines is 2. The summed E-state index contributed by atoms with van der Waals surface area (Å²) >= 11 is 0. The van der Waals surface area contributed by atoms with Gasteiger partial charge in [0.2, 0.25) is 5.95 Å². The molecule has 1 heterocycles. The van der Waals surface area contributed by atoms with Gasteiger partial charge in [0.15, 0.2) is 0 Å². The fourth-order valence-corrected chi connectivity index (χ4v) is 2.68. The van der Waals surface area contributed by atoms with Crippen LogP contribution in [0.5, 0.6) is 11.5 Å². The highest BCUT2D eigenvalue weighted by atomic mass is 16.5. The number of aryl methyl sites for hydroxylation is 1. The van der Waals surface area contributed by atoms with Crippen molar-refractivity contribution in [2.24, 2.45) is 0 Å². The first-order valence-electron chi connectivity index (χ1n) is 9.26. The summed E-state index contributed by atoms with van der Waals surface area (Å²) in [6.07, 6.45) is 0. The topological polar surface area (TPSA) is 76.6 Å². The van der Waals surface area contributed by atoms with Crippen LogP contribution in [0.15, 0.2) is 60.7 Å². The quantitative estimate of drug-likeness (QED) is 0.593. The molecule has 3 aromatic rings. The summed E-state index contributed by atoms with van der Waals surface area (Å²) in [6.45, 7) is 2.55. The summed E-state index contributed by atoms with van der Waals surface area (Å²) in [7, 11) is 3.48. The second-order valence-electron chi connectivity index (χ2n) is 6.37. The Morgan fingerprint density at radius 1 is 1.03 bits per heavy atom. The maximum Gasteiger partial charge on any atom is 0.270 e. The van der Waals surface area contributed by atoms with Gasteiger partial charge in [-0.2, -0.15) is 0 Å². The predicted molar refractivity (Wildman–Crippen MR) is 112 cm³/mol. The van der Waals surface area contributed by atoms with Crippen LogP contribution in [0.4, 0.5) is 11.6 Å². The molecule has 0 aliphatic carbocycles. The molecule has 0 atom stereocenters. The van der Waals surface area contributed by atoms with E-state index in [0.717, 1.165) is 17.1 Å². The van der Waals surface area contributed by atoms with Crippen LogP contribution >= 0.6 is 0 Å². The molecule has 150 valence electrons. The average molecular weight is 392 g/mol. The number of aromatic nitrogens is 2. The van der Waals surface area contributed by atoms with E-state index in [-0.39, 0.29) is 5.91 Å². The van der Waals surface area contributed by atoms with Gasteiger partial charge in [-0.05, 0) is 49.4 Å². The number of nitrogens with zero attached hydrogens (tertiary/aromatic N) is 3. The second-order valence-corrected chi connectivity index (χ2v) is 6.37. The highest BCUT2D eigenvalue weighted by molar-refractivity contribution is 5.92. The van der Waals surface area contributed by atoms with Crippen molar-refractivity contribution >= 4 is 17.5 Å². The zero-order valence-electron chi connectivity index (χ0n) is 16.8. The largest absolute Gasteiger partial charge is 0.497 e. The van der Waals surface area contributed by atoms with Gasteiger partial charge in [0, 0.05) is 18.4 Å². The molecule has 0 aliphatic heterocycles. The molecule has 0 fully saturated rings. The van der Waals surface area contributed by atoms with Crippen molar-refractivity contribution in [3.05, 3.63) is 72.1 Å². The van der Waals surface area contributed by atoms with E-state index in [9.17, 15) is 4.79 Å². The molecule has 1 aromatic heterocycles. The lowest BCUT2D eigenvalue weighted by Gasteiger charge is -2.18.